The summed E-state index contributed by atoms with van der Waals surface area (Å²) < 4.78 is 0. The molecular formula is C19H38N2O3. The third-order valence-electron chi connectivity index (χ3n) is 4.34. The zero-order chi connectivity index (χ0) is 18.0. The molecule has 0 aliphatic carbocycles. The lowest BCUT2D eigenvalue weighted by Gasteiger charge is -2.13. The van der Waals surface area contributed by atoms with Gasteiger partial charge in [-0.3, -0.25) is 4.79 Å². The van der Waals surface area contributed by atoms with Gasteiger partial charge in [-0.2, -0.15) is 0 Å². The number of carboxylic acids is 1. The molecule has 0 spiro atoms. The Morgan fingerprint density at radius 2 is 1.38 bits per heavy atom. The molecule has 0 unspecified atom stereocenters. The van der Waals surface area contributed by atoms with Gasteiger partial charge in [-0.05, 0) is 25.8 Å². The van der Waals surface area contributed by atoms with E-state index < -0.39 is 12.0 Å². The molecule has 0 aliphatic rings. The van der Waals surface area contributed by atoms with Gasteiger partial charge in [0.2, 0.25) is 5.91 Å². The molecule has 24 heavy (non-hydrogen) atoms. The Balaban J connectivity index is 3.49. The van der Waals surface area contributed by atoms with Crippen LogP contribution in [0.25, 0.3) is 0 Å². The summed E-state index contributed by atoms with van der Waals surface area (Å²) >= 11 is 0. The van der Waals surface area contributed by atoms with E-state index in [0.717, 1.165) is 19.3 Å². The largest absolute Gasteiger partial charge is 0.480 e. The summed E-state index contributed by atoms with van der Waals surface area (Å²) in [5, 5.41) is 11.6. The van der Waals surface area contributed by atoms with E-state index in [2.05, 4.69) is 12.2 Å². The van der Waals surface area contributed by atoms with Crippen molar-refractivity contribution < 1.29 is 14.7 Å². The fourth-order valence-electron chi connectivity index (χ4n) is 2.80. The van der Waals surface area contributed by atoms with Crippen molar-refractivity contribution in [2.75, 3.05) is 6.54 Å². The highest BCUT2D eigenvalue weighted by molar-refractivity contribution is 5.83. The Kier molecular flexibility index (Phi) is 16.0. The number of amides is 1. The lowest BCUT2D eigenvalue weighted by atomic mass is 10.0. The van der Waals surface area contributed by atoms with Crippen molar-refractivity contribution in [3.8, 4) is 0 Å². The predicted molar refractivity (Wildman–Crippen MR) is 98.9 cm³/mol. The van der Waals surface area contributed by atoms with Crippen LogP contribution in [0.2, 0.25) is 0 Å². The van der Waals surface area contributed by atoms with Crippen molar-refractivity contribution >= 4 is 11.9 Å². The van der Waals surface area contributed by atoms with Crippen LogP contribution in [-0.4, -0.2) is 29.6 Å². The standard InChI is InChI=1S/C19H38N2O3/c1-2-3-4-5-6-7-8-9-10-11-12-15-18(22)21-17(19(23)24)14-13-16-20/h17H,2-16,20H2,1H3,(H,21,22)(H,23,24)/t17-/m0/s1. The summed E-state index contributed by atoms with van der Waals surface area (Å²) in [6.45, 7) is 2.68. The molecule has 5 nitrogen and oxygen atoms in total. The van der Waals surface area contributed by atoms with Crippen LogP contribution in [0.1, 0.15) is 96.8 Å². The smallest absolute Gasteiger partial charge is 0.326 e. The Labute approximate surface area is 147 Å². The molecule has 0 aromatic rings. The second-order valence-electron chi connectivity index (χ2n) is 6.67. The number of carboxylic acid groups (broad SMARTS) is 1. The summed E-state index contributed by atoms with van der Waals surface area (Å²) in [7, 11) is 0. The average Bonchev–Trinajstić information content (AvgIpc) is 2.56. The van der Waals surface area contributed by atoms with Gasteiger partial charge in [0, 0.05) is 6.42 Å². The molecule has 1 atom stereocenters. The third kappa shape index (κ3) is 14.5. The van der Waals surface area contributed by atoms with Gasteiger partial charge in [0.1, 0.15) is 6.04 Å². The van der Waals surface area contributed by atoms with Crippen LogP contribution >= 0.6 is 0 Å². The first-order valence-electron chi connectivity index (χ1n) is 9.84. The Morgan fingerprint density at radius 1 is 0.875 bits per heavy atom. The number of aliphatic carboxylic acids is 1. The highest BCUT2D eigenvalue weighted by Gasteiger charge is 2.18. The normalized spacial score (nSPS) is 12.1. The van der Waals surface area contributed by atoms with Gasteiger partial charge in [0.05, 0.1) is 0 Å². The first-order chi connectivity index (χ1) is 11.6. The number of hydrogen-bond donors (Lipinski definition) is 3. The summed E-state index contributed by atoms with van der Waals surface area (Å²) in [6, 6.07) is -0.797. The molecular weight excluding hydrogens is 304 g/mol. The molecule has 0 saturated carbocycles. The fourth-order valence-corrected chi connectivity index (χ4v) is 2.80. The molecule has 0 rings (SSSR count). The molecule has 5 heteroatoms. The van der Waals surface area contributed by atoms with Gasteiger partial charge in [0.15, 0.2) is 0 Å². The zero-order valence-corrected chi connectivity index (χ0v) is 15.5. The molecule has 0 bridgehead atoms. The molecule has 0 aliphatic heterocycles. The average molecular weight is 343 g/mol. The number of rotatable bonds is 17. The maximum absolute atomic E-state index is 11.8. The van der Waals surface area contributed by atoms with Crippen LogP contribution in [0.15, 0.2) is 0 Å². The first kappa shape index (κ1) is 22.9. The van der Waals surface area contributed by atoms with Crippen LogP contribution in [0.5, 0.6) is 0 Å². The predicted octanol–water partition coefficient (Wildman–Crippen LogP) is 4.00. The molecule has 0 fully saturated rings. The van der Waals surface area contributed by atoms with Crippen molar-refractivity contribution in [2.45, 2.75) is 103 Å². The van der Waals surface area contributed by atoms with E-state index in [4.69, 9.17) is 10.8 Å². The minimum atomic E-state index is -0.976. The minimum Gasteiger partial charge on any atom is -0.480 e. The Hall–Kier alpha value is -1.10. The fraction of sp³-hybridized carbons (Fsp3) is 0.895. The highest BCUT2D eigenvalue weighted by atomic mass is 16.4. The van der Waals surface area contributed by atoms with Gasteiger partial charge >= 0.3 is 5.97 Å². The minimum absolute atomic E-state index is 0.157. The maximum atomic E-state index is 11.8. The molecule has 4 N–H and O–H groups in total. The van der Waals surface area contributed by atoms with E-state index in [-0.39, 0.29) is 5.91 Å². The van der Waals surface area contributed by atoms with E-state index in [0.29, 0.717) is 25.8 Å². The van der Waals surface area contributed by atoms with Crippen LogP contribution < -0.4 is 11.1 Å². The lowest BCUT2D eigenvalue weighted by molar-refractivity contribution is -0.142. The van der Waals surface area contributed by atoms with Gasteiger partial charge in [-0.1, -0.05) is 71.1 Å². The van der Waals surface area contributed by atoms with Crippen LogP contribution in [-0.2, 0) is 9.59 Å². The van der Waals surface area contributed by atoms with Crippen LogP contribution in [0.3, 0.4) is 0 Å². The van der Waals surface area contributed by atoms with Crippen molar-refractivity contribution in [3.05, 3.63) is 0 Å². The summed E-state index contributed by atoms with van der Waals surface area (Å²) in [4.78, 5) is 22.8. The Morgan fingerprint density at radius 3 is 1.83 bits per heavy atom. The molecule has 0 aromatic carbocycles. The number of hydrogen-bond acceptors (Lipinski definition) is 3. The number of carbonyl (C=O) groups excluding carboxylic acids is 1. The summed E-state index contributed by atoms with van der Waals surface area (Å²) in [5.41, 5.74) is 5.38. The lowest BCUT2D eigenvalue weighted by Crippen LogP contribution is -2.40. The first-order valence-corrected chi connectivity index (χ1v) is 9.84. The van der Waals surface area contributed by atoms with E-state index >= 15 is 0 Å². The van der Waals surface area contributed by atoms with Crippen LogP contribution in [0.4, 0.5) is 0 Å². The van der Waals surface area contributed by atoms with E-state index in [1.165, 1.54) is 51.4 Å². The van der Waals surface area contributed by atoms with Gasteiger partial charge < -0.3 is 16.2 Å². The van der Waals surface area contributed by atoms with Crippen molar-refractivity contribution in [2.24, 2.45) is 5.73 Å². The number of nitrogens with one attached hydrogen (secondary N) is 1. The molecule has 0 saturated heterocycles. The topological polar surface area (TPSA) is 92.4 Å². The number of nitrogens with two attached hydrogens (primary N) is 1. The van der Waals surface area contributed by atoms with Gasteiger partial charge in [0.25, 0.3) is 0 Å². The number of carbonyl (C=O) groups is 2. The maximum Gasteiger partial charge on any atom is 0.326 e. The van der Waals surface area contributed by atoms with Crippen molar-refractivity contribution in [1.82, 2.24) is 5.32 Å². The van der Waals surface area contributed by atoms with E-state index in [1.807, 2.05) is 0 Å². The highest BCUT2D eigenvalue weighted by Crippen LogP contribution is 2.12. The van der Waals surface area contributed by atoms with Crippen molar-refractivity contribution in [1.29, 1.82) is 0 Å². The second-order valence-corrected chi connectivity index (χ2v) is 6.67. The van der Waals surface area contributed by atoms with Gasteiger partial charge in [-0.25, -0.2) is 4.79 Å². The molecule has 142 valence electrons. The van der Waals surface area contributed by atoms with E-state index in [9.17, 15) is 9.59 Å². The Bertz CT molecular complexity index is 322. The molecule has 0 aromatic heterocycles. The van der Waals surface area contributed by atoms with Crippen molar-refractivity contribution in [3.63, 3.8) is 0 Å². The SMILES string of the molecule is CCCCCCCCCCCCCC(=O)N[C@@H](CCCN)C(=O)O. The summed E-state index contributed by atoms with van der Waals surface area (Å²) in [6.07, 6.45) is 15.1. The molecule has 0 heterocycles. The quantitative estimate of drug-likeness (QED) is 0.348. The summed E-state index contributed by atoms with van der Waals surface area (Å²) in [5.74, 6) is -1.13. The van der Waals surface area contributed by atoms with E-state index in [1.54, 1.807) is 0 Å². The monoisotopic (exact) mass is 342 g/mol. The molecule has 0 radical (unpaired) electrons. The van der Waals surface area contributed by atoms with Crippen LogP contribution in [0, 0.1) is 0 Å². The van der Waals surface area contributed by atoms with Gasteiger partial charge in [-0.15, -0.1) is 0 Å². The molecule has 1 amide bonds. The third-order valence-corrected chi connectivity index (χ3v) is 4.34. The number of unbranched alkanes of at least 4 members (excludes halogenated alkanes) is 10. The zero-order valence-electron chi connectivity index (χ0n) is 15.5. The second kappa shape index (κ2) is 16.7.